The third kappa shape index (κ3) is 2.24. The molecule has 0 bridgehead atoms. The molecule has 0 saturated heterocycles. The van der Waals surface area contributed by atoms with Crippen molar-refractivity contribution in [1.82, 2.24) is 0 Å². The summed E-state index contributed by atoms with van der Waals surface area (Å²) in [7, 11) is 1.79. The number of hydrogen-bond acceptors (Lipinski definition) is 4. The molecule has 4 heteroatoms. The number of rotatable bonds is 3. The van der Waals surface area contributed by atoms with E-state index in [1.807, 2.05) is 6.07 Å². The van der Waals surface area contributed by atoms with Crippen LogP contribution >= 0.6 is 11.8 Å². The molecular formula is C18H17NO2S. The van der Waals surface area contributed by atoms with Crippen LogP contribution in [-0.2, 0) is 0 Å². The predicted octanol–water partition coefficient (Wildman–Crippen LogP) is 4.00. The molecule has 22 heavy (non-hydrogen) atoms. The van der Waals surface area contributed by atoms with Gasteiger partial charge >= 0.3 is 0 Å². The Hall–Kier alpha value is -2.07. The van der Waals surface area contributed by atoms with Gasteiger partial charge < -0.3 is 5.32 Å². The van der Waals surface area contributed by atoms with Crippen LogP contribution in [-0.4, -0.2) is 23.9 Å². The summed E-state index contributed by atoms with van der Waals surface area (Å²) in [6.07, 6.45) is 0. The molecule has 0 saturated carbocycles. The number of anilines is 1. The summed E-state index contributed by atoms with van der Waals surface area (Å²) in [4.78, 5) is 26.5. The van der Waals surface area contributed by atoms with E-state index in [0.29, 0.717) is 27.5 Å². The fourth-order valence-electron chi connectivity index (χ4n) is 2.77. The largest absolute Gasteiger partial charge is 0.387 e. The highest BCUT2D eigenvalue weighted by Crippen LogP contribution is 2.39. The first kappa shape index (κ1) is 14.9. The SMILES string of the molecule is CNc1c(SC(C)C)ccc2c1C(=O)c1ccccc1C2=O. The van der Waals surface area contributed by atoms with Crippen LogP contribution in [0.15, 0.2) is 41.3 Å². The van der Waals surface area contributed by atoms with E-state index < -0.39 is 0 Å². The average Bonchev–Trinajstić information content (AvgIpc) is 2.51. The molecule has 1 aliphatic rings. The molecule has 2 aromatic rings. The molecule has 0 unspecified atom stereocenters. The highest BCUT2D eigenvalue weighted by Gasteiger charge is 2.32. The quantitative estimate of drug-likeness (QED) is 0.743. The van der Waals surface area contributed by atoms with E-state index in [-0.39, 0.29) is 11.6 Å². The second-order valence-corrected chi connectivity index (χ2v) is 7.10. The van der Waals surface area contributed by atoms with Crippen LogP contribution in [0.4, 0.5) is 5.69 Å². The lowest BCUT2D eigenvalue weighted by molar-refractivity contribution is 0.0979. The average molecular weight is 311 g/mol. The van der Waals surface area contributed by atoms with Crippen LogP contribution in [0, 0.1) is 0 Å². The molecule has 3 nitrogen and oxygen atoms in total. The van der Waals surface area contributed by atoms with Gasteiger partial charge in [-0.25, -0.2) is 0 Å². The second kappa shape index (κ2) is 5.61. The second-order valence-electron chi connectivity index (χ2n) is 5.48. The van der Waals surface area contributed by atoms with Gasteiger partial charge in [-0.1, -0.05) is 38.1 Å². The van der Waals surface area contributed by atoms with Gasteiger partial charge in [-0.15, -0.1) is 11.8 Å². The molecule has 2 aromatic carbocycles. The number of carbonyl (C=O) groups is 2. The number of benzene rings is 2. The van der Waals surface area contributed by atoms with Gasteiger partial charge in [0.1, 0.15) is 0 Å². The standard InChI is InChI=1S/C18H17NO2S/c1-10(2)22-14-9-8-13-15(16(14)19-3)18(21)12-7-5-4-6-11(12)17(13)20/h4-10,19H,1-3H3. The minimum atomic E-state index is -0.0826. The van der Waals surface area contributed by atoms with Gasteiger partial charge in [0, 0.05) is 33.9 Å². The van der Waals surface area contributed by atoms with Gasteiger partial charge in [-0.05, 0) is 12.1 Å². The van der Waals surface area contributed by atoms with Gasteiger partial charge in [-0.3, -0.25) is 9.59 Å². The van der Waals surface area contributed by atoms with E-state index in [1.165, 1.54) is 0 Å². The number of carbonyl (C=O) groups excluding carboxylic acids is 2. The fourth-order valence-corrected chi connectivity index (χ4v) is 3.74. The fraction of sp³-hybridized carbons (Fsp3) is 0.222. The summed E-state index contributed by atoms with van der Waals surface area (Å²) < 4.78 is 0. The number of hydrogen-bond donors (Lipinski definition) is 1. The lowest BCUT2D eigenvalue weighted by atomic mass is 9.83. The van der Waals surface area contributed by atoms with Crippen LogP contribution in [0.2, 0.25) is 0 Å². The molecule has 0 aliphatic heterocycles. The molecule has 1 aliphatic carbocycles. The maximum absolute atomic E-state index is 12.9. The topological polar surface area (TPSA) is 46.2 Å². The molecule has 1 N–H and O–H groups in total. The van der Waals surface area contributed by atoms with E-state index in [1.54, 1.807) is 49.1 Å². The Bertz CT molecular complexity index is 781. The summed E-state index contributed by atoms with van der Waals surface area (Å²) in [5.74, 6) is -0.163. The molecule has 0 amide bonds. The van der Waals surface area contributed by atoms with E-state index in [0.717, 1.165) is 10.6 Å². The zero-order chi connectivity index (χ0) is 15.9. The van der Waals surface area contributed by atoms with Crippen molar-refractivity contribution in [2.75, 3.05) is 12.4 Å². The highest BCUT2D eigenvalue weighted by molar-refractivity contribution is 8.00. The Morgan fingerprint density at radius 3 is 2.14 bits per heavy atom. The van der Waals surface area contributed by atoms with Crippen molar-refractivity contribution in [2.45, 2.75) is 24.0 Å². The van der Waals surface area contributed by atoms with Gasteiger partial charge in [-0.2, -0.15) is 0 Å². The van der Waals surface area contributed by atoms with Crippen LogP contribution < -0.4 is 5.32 Å². The highest BCUT2D eigenvalue weighted by atomic mass is 32.2. The molecule has 0 radical (unpaired) electrons. The number of nitrogens with one attached hydrogen (secondary N) is 1. The first-order chi connectivity index (χ1) is 10.5. The Morgan fingerprint density at radius 1 is 0.909 bits per heavy atom. The molecule has 0 fully saturated rings. The molecular weight excluding hydrogens is 294 g/mol. The van der Waals surface area contributed by atoms with Gasteiger partial charge in [0.25, 0.3) is 0 Å². The van der Waals surface area contributed by atoms with Crippen molar-refractivity contribution in [2.24, 2.45) is 0 Å². The van der Waals surface area contributed by atoms with Crippen molar-refractivity contribution in [3.63, 3.8) is 0 Å². The zero-order valence-electron chi connectivity index (χ0n) is 12.8. The van der Waals surface area contributed by atoms with Crippen LogP contribution in [0.1, 0.15) is 45.7 Å². The van der Waals surface area contributed by atoms with E-state index in [4.69, 9.17) is 0 Å². The Kier molecular flexibility index (Phi) is 3.79. The molecule has 3 rings (SSSR count). The minimum absolute atomic E-state index is 0.0807. The zero-order valence-corrected chi connectivity index (χ0v) is 13.6. The molecule has 0 heterocycles. The van der Waals surface area contributed by atoms with E-state index in [2.05, 4.69) is 19.2 Å². The first-order valence-corrected chi connectivity index (χ1v) is 8.12. The lowest BCUT2D eigenvalue weighted by Gasteiger charge is -2.22. The molecule has 112 valence electrons. The van der Waals surface area contributed by atoms with Crippen molar-refractivity contribution in [1.29, 1.82) is 0 Å². The van der Waals surface area contributed by atoms with Crippen LogP contribution in [0.3, 0.4) is 0 Å². The van der Waals surface area contributed by atoms with Crippen molar-refractivity contribution < 1.29 is 9.59 Å². The Balaban J connectivity index is 2.24. The summed E-state index contributed by atoms with van der Waals surface area (Å²) in [6.45, 7) is 4.21. The van der Waals surface area contributed by atoms with Crippen molar-refractivity contribution in [3.05, 3.63) is 58.7 Å². The Labute approximate surface area is 134 Å². The Morgan fingerprint density at radius 2 is 1.55 bits per heavy atom. The minimum Gasteiger partial charge on any atom is -0.387 e. The monoisotopic (exact) mass is 311 g/mol. The van der Waals surface area contributed by atoms with Crippen molar-refractivity contribution in [3.8, 4) is 0 Å². The summed E-state index contributed by atoms with van der Waals surface area (Å²) in [6, 6.07) is 10.7. The number of thioether (sulfide) groups is 1. The predicted molar refractivity (Wildman–Crippen MR) is 90.3 cm³/mol. The van der Waals surface area contributed by atoms with Crippen LogP contribution in [0.5, 0.6) is 0 Å². The maximum atomic E-state index is 12.9. The number of ketones is 2. The maximum Gasteiger partial charge on any atom is 0.196 e. The third-order valence-corrected chi connectivity index (χ3v) is 4.73. The van der Waals surface area contributed by atoms with Gasteiger partial charge in [0.15, 0.2) is 11.6 Å². The van der Waals surface area contributed by atoms with Gasteiger partial charge in [0.05, 0.1) is 11.3 Å². The first-order valence-electron chi connectivity index (χ1n) is 7.24. The van der Waals surface area contributed by atoms with E-state index in [9.17, 15) is 9.59 Å². The summed E-state index contributed by atoms with van der Waals surface area (Å²) in [5.41, 5.74) is 2.72. The van der Waals surface area contributed by atoms with Crippen LogP contribution in [0.25, 0.3) is 0 Å². The normalized spacial score (nSPS) is 13.1. The third-order valence-electron chi connectivity index (χ3n) is 3.67. The molecule has 0 spiro atoms. The lowest BCUT2D eigenvalue weighted by Crippen LogP contribution is -2.22. The summed E-state index contributed by atoms with van der Waals surface area (Å²) >= 11 is 1.68. The van der Waals surface area contributed by atoms with Crippen molar-refractivity contribution >= 4 is 29.0 Å². The van der Waals surface area contributed by atoms with E-state index >= 15 is 0 Å². The number of fused-ring (bicyclic) bond motifs is 2. The smallest absolute Gasteiger partial charge is 0.196 e. The summed E-state index contributed by atoms with van der Waals surface area (Å²) in [5, 5.41) is 3.51. The molecule has 0 aromatic heterocycles. The van der Waals surface area contributed by atoms with Gasteiger partial charge in [0.2, 0.25) is 0 Å². The molecule has 0 atom stereocenters.